The largest absolute Gasteiger partial charge is 0.482 e. The van der Waals surface area contributed by atoms with Gasteiger partial charge in [0.2, 0.25) is 41.4 Å². The van der Waals surface area contributed by atoms with Crippen LogP contribution >= 0.6 is 11.8 Å². The maximum absolute atomic E-state index is 14.0. The number of thioether (sulfide) groups is 1. The molecular formula is C71H107N16O15S+. The van der Waals surface area contributed by atoms with Gasteiger partial charge in [0, 0.05) is 130 Å². The van der Waals surface area contributed by atoms with E-state index in [9.17, 15) is 53.1 Å². The zero-order valence-electron chi connectivity index (χ0n) is 60.1. The second-order valence-corrected chi connectivity index (χ2v) is 27.4. The number of aromatic carboxylic acids is 1. The van der Waals surface area contributed by atoms with E-state index in [1.807, 2.05) is 85.9 Å². The van der Waals surface area contributed by atoms with Crippen molar-refractivity contribution in [3.8, 4) is 5.75 Å². The molecule has 8 atom stereocenters. The summed E-state index contributed by atoms with van der Waals surface area (Å²) in [6, 6.07) is 7.78. The van der Waals surface area contributed by atoms with Crippen LogP contribution in [0.25, 0.3) is 10.4 Å². The lowest BCUT2D eigenvalue weighted by Gasteiger charge is -2.36. The number of unbranched alkanes of at least 4 members (excludes halogenated alkanes) is 5. The fraction of sp³-hybridized carbons (Fsp3) is 0.620. The van der Waals surface area contributed by atoms with Crippen molar-refractivity contribution in [2.75, 3.05) is 124 Å². The fourth-order valence-corrected chi connectivity index (χ4v) is 13.7. The van der Waals surface area contributed by atoms with Crippen molar-refractivity contribution in [2.45, 2.75) is 164 Å². The number of nitrogens with one attached hydrogen (secondary N) is 10. The number of carbonyl (C=O) groups is 10. The summed E-state index contributed by atoms with van der Waals surface area (Å²) in [5.41, 5.74) is 18.2. The van der Waals surface area contributed by atoms with Crippen LogP contribution in [0.3, 0.4) is 0 Å². The minimum absolute atomic E-state index is 0.0205. The van der Waals surface area contributed by atoms with Crippen LogP contribution in [0.1, 0.15) is 154 Å². The van der Waals surface area contributed by atoms with Gasteiger partial charge in [-0.05, 0) is 150 Å². The third-order valence-electron chi connectivity index (χ3n) is 17.8. The summed E-state index contributed by atoms with van der Waals surface area (Å²) < 4.78 is 25.5. The highest BCUT2D eigenvalue weighted by atomic mass is 32.2. The average Bonchev–Trinajstić information content (AvgIpc) is 1.49. The molecule has 0 spiro atoms. The van der Waals surface area contributed by atoms with Crippen molar-refractivity contribution < 1.29 is 76.6 Å². The van der Waals surface area contributed by atoms with E-state index in [-0.39, 0.29) is 105 Å². The Kier molecular flexibility index (Phi) is 36.6. The number of anilines is 1. The van der Waals surface area contributed by atoms with Gasteiger partial charge in [0.25, 0.3) is 5.91 Å². The predicted octanol–water partition coefficient (Wildman–Crippen LogP) is 3.34. The van der Waals surface area contributed by atoms with E-state index in [1.54, 1.807) is 6.07 Å². The molecule has 31 nitrogen and oxygen atoms in total. The van der Waals surface area contributed by atoms with Gasteiger partial charge in [0.1, 0.15) is 44.1 Å². The van der Waals surface area contributed by atoms with Gasteiger partial charge in [0.15, 0.2) is 5.71 Å². The third-order valence-corrected chi connectivity index (χ3v) is 19.3. The van der Waals surface area contributed by atoms with Crippen molar-refractivity contribution in [1.29, 1.82) is 0 Å². The van der Waals surface area contributed by atoms with Gasteiger partial charge in [-0.1, -0.05) is 18.0 Å². The monoisotopic (exact) mass is 1460 g/mol. The molecule has 2 fully saturated rings. The standard InChI is InChI=1S/C71H106N16O15S/c1-46(80-62(90)28-34-79-85-73)66(92)82-55(17-10-12-29-72)69(95)78-44-63(91)75-30-13-6-7-21-61(89)81-54(68(94)77-33-16-36-100-38-40-101-39-37-99-35-15-32-74-60(88)20-9-8-19-59-65-56(45-103-59)83-71(98)84-65)18-11-14-31-76-67(93)47-22-25-50(70(96)97)51(41-47)64-52-42-48(86(2)3)23-26-57(52)102-58-27-24-49(87(4)5)43-53(58)64/h22-27,41-43,46,54-57,59,64-65H,6-21,28-40,44-45,72H2,1-5H3,(H10-,74,75,76,77,78,80,81,82,83,84,88,89,90,91,92,93,94,95,96,97,98)/p+1/t46-,54-,55-,56-,57?,59-,64?,65-/m0/s1. The molecule has 32 heteroatoms. The Labute approximate surface area is 606 Å². The molecule has 0 aromatic heterocycles. The highest BCUT2D eigenvalue weighted by molar-refractivity contribution is 8.00. The first-order chi connectivity index (χ1) is 49.7. The Balaban J connectivity index is 0.926. The molecule has 103 heavy (non-hydrogen) atoms. The number of hydrogen-bond acceptors (Lipinski definition) is 18. The number of rotatable bonds is 49. The first-order valence-electron chi connectivity index (χ1n) is 35.9. The number of benzene rings is 2. The van der Waals surface area contributed by atoms with Crippen LogP contribution in [-0.2, 0) is 47.8 Å². The zero-order chi connectivity index (χ0) is 74.5. The normalized spacial score (nSPS) is 17.7. The first-order valence-corrected chi connectivity index (χ1v) is 36.9. The van der Waals surface area contributed by atoms with Crippen molar-refractivity contribution in [2.24, 2.45) is 10.8 Å². The molecule has 3 aliphatic heterocycles. The van der Waals surface area contributed by atoms with Crippen LogP contribution in [0, 0.1) is 0 Å². The summed E-state index contributed by atoms with van der Waals surface area (Å²) in [7, 11) is 7.68. The Morgan fingerprint density at radius 2 is 1.35 bits per heavy atom. The number of carbonyl (C=O) groups excluding carboxylic acids is 9. The van der Waals surface area contributed by atoms with Crippen molar-refractivity contribution >= 4 is 82.4 Å². The van der Waals surface area contributed by atoms with E-state index >= 15 is 0 Å². The number of hydrogen-bond donors (Lipinski definition) is 12. The number of fused-ring (bicyclic) bond motifs is 3. The van der Waals surface area contributed by atoms with Crippen molar-refractivity contribution in [3.63, 3.8) is 0 Å². The number of ether oxygens (including phenoxy) is 4. The summed E-state index contributed by atoms with van der Waals surface area (Å²) in [5.74, 6) is -3.52. The molecule has 0 radical (unpaired) electrons. The number of amides is 10. The van der Waals surface area contributed by atoms with Crippen LogP contribution in [0.4, 0.5) is 10.5 Å². The van der Waals surface area contributed by atoms with Crippen LogP contribution in [0.5, 0.6) is 5.75 Å². The summed E-state index contributed by atoms with van der Waals surface area (Å²) in [5, 5.41) is 42.4. The van der Waals surface area contributed by atoms with Gasteiger partial charge >= 0.3 is 12.0 Å². The van der Waals surface area contributed by atoms with E-state index in [0.717, 1.165) is 47.6 Å². The molecule has 1 aliphatic carbocycles. The summed E-state index contributed by atoms with van der Waals surface area (Å²) in [6.45, 7) is 4.86. The number of nitrogens with zero attached hydrogens (tertiary/aromatic N) is 5. The Morgan fingerprint density at radius 3 is 2.06 bits per heavy atom. The van der Waals surface area contributed by atoms with E-state index in [0.29, 0.717) is 134 Å². The molecule has 3 heterocycles. The Bertz CT molecular complexity index is 3340. The lowest BCUT2D eigenvalue weighted by atomic mass is 9.76. The summed E-state index contributed by atoms with van der Waals surface area (Å²) in [6.07, 6.45) is 13.7. The van der Waals surface area contributed by atoms with E-state index in [2.05, 4.69) is 63.2 Å². The number of nitrogens with two attached hydrogens (primary N) is 1. The highest BCUT2D eigenvalue weighted by Gasteiger charge is 2.43. The molecule has 2 aromatic rings. The number of azide groups is 1. The number of allylic oxidation sites excluding steroid dienone is 2. The first kappa shape index (κ1) is 83.1. The second kappa shape index (κ2) is 45.3. The molecule has 10 amide bonds. The van der Waals surface area contributed by atoms with Gasteiger partial charge in [-0.2, -0.15) is 11.8 Å². The third kappa shape index (κ3) is 28.7. The number of carboxylic acid groups (broad SMARTS) is 1. The molecule has 4 aliphatic rings. The van der Waals surface area contributed by atoms with Gasteiger partial charge in [-0.3, -0.25) is 38.4 Å². The topological polar surface area (TPSA) is 429 Å². The van der Waals surface area contributed by atoms with Gasteiger partial charge in [-0.15, -0.1) is 0 Å². The molecular weight excluding hydrogens is 1350 g/mol. The summed E-state index contributed by atoms with van der Waals surface area (Å²) >= 11 is 1.87. The smallest absolute Gasteiger partial charge is 0.335 e. The van der Waals surface area contributed by atoms with E-state index in [4.69, 9.17) is 30.2 Å². The van der Waals surface area contributed by atoms with Crippen LogP contribution in [-0.4, -0.2) is 236 Å². The predicted molar refractivity (Wildman–Crippen MR) is 390 cm³/mol. The fourth-order valence-electron chi connectivity index (χ4n) is 12.1. The lowest BCUT2D eigenvalue weighted by molar-refractivity contribution is -0.462. The minimum atomic E-state index is -1.14. The van der Waals surface area contributed by atoms with Crippen LogP contribution in [0.15, 0.2) is 65.3 Å². The zero-order valence-corrected chi connectivity index (χ0v) is 60.9. The highest BCUT2D eigenvalue weighted by Crippen LogP contribution is 2.47. The average molecular weight is 1460 g/mol. The molecule has 0 saturated carbocycles. The molecule has 2 aromatic carbocycles. The Hall–Kier alpha value is -8.81. The maximum Gasteiger partial charge on any atom is 0.335 e. The van der Waals surface area contributed by atoms with E-state index in [1.165, 1.54) is 19.1 Å². The maximum atomic E-state index is 14.0. The Morgan fingerprint density at radius 1 is 0.709 bits per heavy atom. The number of carboxylic acids is 1. The molecule has 2 saturated heterocycles. The van der Waals surface area contributed by atoms with Gasteiger partial charge in [-0.25, -0.2) is 14.2 Å². The minimum Gasteiger partial charge on any atom is -0.482 e. The lowest BCUT2D eigenvalue weighted by Crippen LogP contribution is -2.53. The van der Waals surface area contributed by atoms with Crippen LogP contribution < -0.4 is 68.5 Å². The summed E-state index contributed by atoms with van der Waals surface area (Å²) in [4.78, 5) is 134. The van der Waals surface area contributed by atoms with E-state index < -0.39 is 65.7 Å². The molecule has 566 valence electrons. The number of urea groups is 1. The SMILES string of the molecule is C[C@H](NC(=O)CCN=[N+]=[N-])C(=O)N[C@@H](CCCCN)C(=O)NCC(=O)NCCCCCC(=O)N[C@@H](CCCCNC(=O)c1ccc(C(=O)O)c(C2C3=CC(=[N+](C)C)C=CC3Oc3ccc(N(C)C)cc32)c1)C(=O)NCCCOCCOCCOCCCNC(=O)CCCC[C@@H]1SC[C@@H]2NC(=O)N[C@@H]21. The van der Waals surface area contributed by atoms with Gasteiger partial charge < -0.3 is 87.9 Å². The van der Waals surface area contributed by atoms with Crippen molar-refractivity contribution in [1.82, 2.24) is 53.2 Å². The van der Waals surface area contributed by atoms with Crippen molar-refractivity contribution in [3.05, 3.63) is 92.9 Å². The quantitative estimate of drug-likeness (QED) is 0.0113. The van der Waals surface area contributed by atoms with Gasteiger partial charge in [0.05, 0.1) is 50.6 Å². The molecule has 6 rings (SSSR count). The second-order valence-electron chi connectivity index (χ2n) is 26.2. The molecule has 13 N–H and O–H groups in total. The molecule has 0 bridgehead atoms. The van der Waals surface area contributed by atoms with Crippen LogP contribution in [0.2, 0.25) is 0 Å². The molecule has 2 unspecified atom stereocenters.